The van der Waals surface area contributed by atoms with E-state index in [-0.39, 0.29) is 0 Å². The number of hydrogen-bond acceptors (Lipinski definition) is 2. The molecule has 0 saturated heterocycles. The summed E-state index contributed by atoms with van der Waals surface area (Å²) in [7, 11) is 0. The fourth-order valence-corrected chi connectivity index (χ4v) is 2.63. The molecule has 0 heterocycles. The van der Waals surface area contributed by atoms with Gasteiger partial charge in [-0.2, -0.15) is 0 Å². The molecule has 0 amide bonds. The first kappa shape index (κ1) is 11.4. The van der Waals surface area contributed by atoms with Gasteiger partial charge in [-0.15, -0.1) is 11.8 Å². The number of benzene rings is 2. The van der Waals surface area contributed by atoms with Gasteiger partial charge >= 0.3 is 0 Å². The molecule has 82 valence electrons. The maximum atomic E-state index is 6.25. The smallest absolute Gasteiger partial charge is 0.0496 e. The molecule has 0 atom stereocenters. The molecule has 0 spiro atoms. The van der Waals surface area contributed by atoms with Crippen LogP contribution in [0.15, 0.2) is 47.4 Å². The fraction of sp³-hybridized carbons (Fsp3) is 0.0769. The topological polar surface area (TPSA) is 26.0 Å². The first-order valence-electron chi connectivity index (χ1n) is 4.91. The zero-order valence-electron chi connectivity index (χ0n) is 8.91. The summed E-state index contributed by atoms with van der Waals surface area (Å²) in [6, 6.07) is 13.7. The van der Waals surface area contributed by atoms with Crippen molar-refractivity contribution in [2.75, 3.05) is 12.0 Å². The summed E-state index contributed by atoms with van der Waals surface area (Å²) >= 11 is 7.92. The molecule has 0 saturated carbocycles. The van der Waals surface area contributed by atoms with Crippen LogP contribution in [0.4, 0.5) is 5.69 Å². The van der Waals surface area contributed by atoms with Gasteiger partial charge in [0.15, 0.2) is 0 Å². The van der Waals surface area contributed by atoms with Crippen LogP contribution in [0.3, 0.4) is 0 Å². The summed E-state index contributed by atoms with van der Waals surface area (Å²) in [5, 5.41) is 0.741. The summed E-state index contributed by atoms with van der Waals surface area (Å²) < 4.78 is 0. The van der Waals surface area contributed by atoms with Crippen LogP contribution >= 0.6 is 23.4 Å². The molecule has 0 aromatic heterocycles. The van der Waals surface area contributed by atoms with E-state index in [0.29, 0.717) is 0 Å². The summed E-state index contributed by atoms with van der Waals surface area (Å²) in [5.74, 6) is 0. The third-order valence-electron chi connectivity index (χ3n) is 2.43. The highest BCUT2D eigenvalue weighted by Crippen LogP contribution is 2.38. The molecular formula is C13H12ClNS. The predicted octanol–water partition coefficient (Wildman–Crippen LogP) is 4.31. The summed E-state index contributed by atoms with van der Waals surface area (Å²) in [4.78, 5) is 1.14. The third kappa shape index (κ3) is 2.04. The van der Waals surface area contributed by atoms with E-state index in [9.17, 15) is 0 Å². The van der Waals surface area contributed by atoms with Crippen LogP contribution in [0, 0.1) is 0 Å². The van der Waals surface area contributed by atoms with Crippen LogP contribution in [0.1, 0.15) is 0 Å². The van der Waals surface area contributed by atoms with Crippen molar-refractivity contribution in [1.82, 2.24) is 0 Å². The normalized spacial score (nSPS) is 10.4. The zero-order valence-corrected chi connectivity index (χ0v) is 10.5. The van der Waals surface area contributed by atoms with E-state index in [0.717, 1.165) is 26.7 Å². The lowest BCUT2D eigenvalue weighted by Gasteiger charge is -2.11. The molecule has 2 N–H and O–H groups in total. The second-order valence-electron chi connectivity index (χ2n) is 3.40. The average Bonchev–Trinajstić information content (AvgIpc) is 2.30. The number of rotatable bonds is 2. The monoisotopic (exact) mass is 249 g/mol. The SMILES string of the molecule is CSc1cccc(Cl)c1-c1ccccc1N. The number of para-hydroxylation sites is 1. The number of hydrogen-bond donors (Lipinski definition) is 1. The van der Waals surface area contributed by atoms with E-state index in [1.165, 1.54) is 0 Å². The molecule has 0 aliphatic heterocycles. The lowest BCUT2D eigenvalue weighted by Crippen LogP contribution is -1.91. The minimum atomic E-state index is 0.741. The molecule has 3 heteroatoms. The van der Waals surface area contributed by atoms with E-state index in [4.69, 9.17) is 17.3 Å². The van der Waals surface area contributed by atoms with Gasteiger partial charge in [-0.1, -0.05) is 35.9 Å². The molecule has 16 heavy (non-hydrogen) atoms. The Labute approximate surface area is 105 Å². The first-order valence-corrected chi connectivity index (χ1v) is 6.51. The standard InChI is InChI=1S/C13H12ClNS/c1-16-12-8-4-6-10(14)13(12)9-5-2-3-7-11(9)15/h2-8H,15H2,1H3. The fourth-order valence-electron chi connectivity index (χ4n) is 1.66. The van der Waals surface area contributed by atoms with Crippen molar-refractivity contribution >= 4 is 29.1 Å². The van der Waals surface area contributed by atoms with E-state index < -0.39 is 0 Å². The quantitative estimate of drug-likeness (QED) is 0.634. The van der Waals surface area contributed by atoms with Crippen LogP contribution in [0.2, 0.25) is 5.02 Å². The largest absolute Gasteiger partial charge is 0.398 e. The van der Waals surface area contributed by atoms with Crippen LogP contribution in [-0.4, -0.2) is 6.26 Å². The van der Waals surface area contributed by atoms with Crippen LogP contribution in [0.25, 0.3) is 11.1 Å². The van der Waals surface area contributed by atoms with Gasteiger partial charge in [0.1, 0.15) is 0 Å². The Morgan fingerprint density at radius 1 is 1.06 bits per heavy atom. The number of thioether (sulfide) groups is 1. The van der Waals surface area contributed by atoms with Gasteiger partial charge in [0, 0.05) is 26.7 Å². The van der Waals surface area contributed by atoms with Gasteiger partial charge < -0.3 is 5.73 Å². The van der Waals surface area contributed by atoms with Gasteiger partial charge in [0.2, 0.25) is 0 Å². The van der Waals surface area contributed by atoms with E-state index >= 15 is 0 Å². The second kappa shape index (κ2) is 4.81. The molecule has 0 radical (unpaired) electrons. The predicted molar refractivity (Wildman–Crippen MR) is 73.1 cm³/mol. The van der Waals surface area contributed by atoms with Crippen LogP contribution < -0.4 is 5.73 Å². The van der Waals surface area contributed by atoms with Gasteiger partial charge in [-0.25, -0.2) is 0 Å². The van der Waals surface area contributed by atoms with E-state index in [2.05, 4.69) is 6.07 Å². The highest BCUT2D eigenvalue weighted by Gasteiger charge is 2.10. The Kier molecular flexibility index (Phi) is 3.42. The second-order valence-corrected chi connectivity index (χ2v) is 4.66. The number of nitrogens with two attached hydrogens (primary N) is 1. The van der Waals surface area contributed by atoms with Crippen LogP contribution in [0.5, 0.6) is 0 Å². The third-order valence-corrected chi connectivity index (χ3v) is 3.52. The Hall–Kier alpha value is -1.12. The maximum absolute atomic E-state index is 6.25. The van der Waals surface area contributed by atoms with Gasteiger partial charge in [0.25, 0.3) is 0 Å². The van der Waals surface area contributed by atoms with Crippen molar-refractivity contribution in [3.05, 3.63) is 47.5 Å². The van der Waals surface area contributed by atoms with Gasteiger partial charge in [-0.3, -0.25) is 0 Å². The Balaban J connectivity index is 2.68. The molecule has 1 nitrogen and oxygen atoms in total. The first-order chi connectivity index (χ1) is 7.74. The number of halogens is 1. The van der Waals surface area contributed by atoms with Crippen molar-refractivity contribution in [3.8, 4) is 11.1 Å². The number of nitrogen functional groups attached to an aromatic ring is 1. The molecule has 0 bridgehead atoms. The lowest BCUT2D eigenvalue weighted by atomic mass is 10.0. The molecule has 0 aliphatic rings. The minimum Gasteiger partial charge on any atom is -0.398 e. The molecule has 2 aromatic carbocycles. The molecule has 2 aromatic rings. The van der Waals surface area contributed by atoms with Crippen molar-refractivity contribution in [1.29, 1.82) is 0 Å². The highest BCUT2D eigenvalue weighted by molar-refractivity contribution is 7.98. The van der Waals surface area contributed by atoms with Gasteiger partial charge in [0.05, 0.1) is 0 Å². The summed E-state index contributed by atoms with van der Waals surface area (Å²) in [6.45, 7) is 0. The molecule has 2 rings (SSSR count). The Morgan fingerprint density at radius 2 is 1.81 bits per heavy atom. The van der Waals surface area contributed by atoms with Gasteiger partial charge in [-0.05, 0) is 24.5 Å². The zero-order chi connectivity index (χ0) is 11.5. The van der Waals surface area contributed by atoms with E-state index in [1.54, 1.807) is 11.8 Å². The highest BCUT2D eigenvalue weighted by atomic mass is 35.5. The van der Waals surface area contributed by atoms with Crippen molar-refractivity contribution < 1.29 is 0 Å². The Bertz CT molecular complexity index is 511. The molecule has 0 aliphatic carbocycles. The molecule has 0 unspecified atom stereocenters. The van der Waals surface area contributed by atoms with Crippen molar-refractivity contribution in [3.63, 3.8) is 0 Å². The van der Waals surface area contributed by atoms with Crippen molar-refractivity contribution in [2.24, 2.45) is 0 Å². The molecular weight excluding hydrogens is 238 g/mol. The molecule has 0 fully saturated rings. The van der Waals surface area contributed by atoms with Crippen LogP contribution in [-0.2, 0) is 0 Å². The number of anilines is 1. The average molecular weight is 250 g/mol. The maximum Gasteiger partial charge on any atom is 0.0496 e. The summed E-state index contributed by atoms with van der Waals surface area (Å²) in [5.41, 5.74) is 8.75. The van der Waals surface area contributed by atoms with Crippen molar-refractivity contribution in [2.45, 2.75) is 4.90 Å². The van der Waals surface area contributed by atoms with E-state index in [1.807, 2.05) is 42.7 Å². The minimum absolute atomic E-state index is 0.741. The summed E-state index contributed by atoms with van der Waals surface area (Å²) in [6.07, 6.45) is 2.04. The lowest BCUT2D eigenvalue weighted by molar-refractivity contribution is 1.45. The Morgan fingerprint density at radius 3 is 2.50 bits per heavy atom.